The standard InChI is InChI=1S/C9H12ClIO/c1-6-3-4-9(8(10)5-6)12-7(2)11/h3-4,6-7H,5H2,1-2H3. The molecule has 0 aliphatic heterocycles. The summed E-state index contributed by atoms with van der Waals surface area (Å²) < 4.78 is 5.67. The fraction of sp³-hybridized carbons (Fsp3) is 0.556. The van der Waals surface area contributed by atoms with Gasteiger partial charge in [0.05, 0.1) is 5.03 Å². The first-order valence-corrected chi connectivity index (χ1v) is 5.59. The van der Waals surface area contributed by atoms with Crippen LogP contribution in [0, 0.1) is 5.92 Å². The second-order valence-corrected chi connectivity index (χ2v) is 5.18. The van der Waals surface area contributed by atoms with Gasteiger partial charge in [-0.1, -0.05) is 24.6 Å². The van der Waals surface area contributed by atoms with Gasteiger partial charge in [-0.15, -0.1) is 0 Å². The molecule has 12 heavy (non-hydrogen) atoms. The monoisotopic (exact) mass is 298 g/mol. The molecular formula is C9H12ClIO. The Morgan fingerprint density at radius 3 is 2.92 bits per heavy atom. The van der Waals surface area contributed by atoms with Crippen molar-refractivity contribution in [2.75, 3.05) is 0 Å². The van der Waals surface area contributed by atoms with Gasteiger partial charge in [-0.3, -0.25) is 0 Å². The molecule has 1 aliphatic carbocycles. The van der Waals surface area contributed by atoms with E-state index in [-0.39, 0.29) is 4.11 Å². The Kier molecular flexibility index (Phi) is 3.90. The van der Waals surface area contributed by atoms with Crippen molar-refractivity contribution < 1.29 is 4.74 Å². The minimum atomic E-state index is 0.171. The van der Waals surface area contributed by atoms with Crippen molar-refractivity contribution in [1.29, 1.82) is 0 Å². The maximum absolute atomic E-state index is 6.02. The lowest BCUT2D eigenvalue weighted by atomic mass is 10.0. The van der Waals surface area contributed by atoms with Crippen LogP contribution in [0.25, 0.3) is 0 Å². The number of alkyl halides is 1. The maximum atomic E-state index is 6.02. The van der Waals surface area contributed by atoms with E-state index in [1.807, 2.05) is 13.0 Å². The van der Waals surface area contributed by atoms with Gasteiger partial charge in [0.15, 0.2) is 0 Å². The molecular weight excluding hydrogens is 286 g/mol. The molecule has 0 aromatic carbocycles. The van der Waals surface area contributed by atoms with Crippen molar-refractivity contribution in [2.24, 2.45) is 5.92 Å². The summed E-state index contributed by atoms with van der Waals surface area (Å²) in [6.45, 7) is 4.13. The van der Waals surface area contributed by atoms with E-state index in [4.69, 9.17) is 16.3 Å². The van der Waals surface area contributed by atoms with Crippen molar-refractivity contribution in [2.45, 2.75) is 24.4 Å². The van der Waals surface area contributed by atoms with Crippen LogP contribution in [0.3, 0.4) is 0 Å². The third-order valence-corrected chi connectivity index (χ3v) is 2.23. The van der Waals surface area contributed by atoms with Crippen LogP contribution >= 0.6 is 34.2 Å². The highest BCUT2D eigenvalue weighted by atomic mass is 127. The van der Waals surface area contributed by atoms with Gasteiger partial charge in [-0.25, -0.2) is 0 Å². The molecule has 0 N–H and O–H groups in total. The van der Waals surface area contributed by atoms with Crippen molar-refractivity contribution >= 4 is 34.2 Å². The number of halogens is 2. The molecule has 0 fully saturated rings. The summed E-state index contributed by atoms with van der Waals surface area (Å²) in [6.07, 6.45) is 4.99. The van der Waals surface area contributed by atoms with E-state index in [0.29, 0.717) is 5.92 Å². The molecule has 1 aliphatic rings. The van der Waals surface area contributed by atoms with Gasteiger partial charge >= 0.3 is 0 Å². The molecule has 1 nitrogen and oxygen atoms in total. The third-order valence-electron chi connectivity index (χ3n) is 1.63. The number of hydrogen-bond acceptors (Lipinski definition) is 1. The third kappa shape index (κ3) is 2.98. The van der Waals surface area contributed by atoms with Crippen LogP contribution in [0.4, 0.5) is 0 Å². The Labute approximate surface area is 92.0 Å². The van der Waals surface area contributed by atoms with E-state index in [1.54, 1.807) is 0 Å². The van der Waals surface area contributed by atoms with E-state index in [2.05, 4.69) is 35.6 Å². The van der Waals surface area contributed by atoms with E-state index in [1.165, 1.54) is 0 Å². The zero-order valence-electron chi connectivity index (χ0n) is 7.18. The Morgan fingerprint density at radius 2 is 2.42 bits per heavy atom. The normalized spacial score (nSPS) is 25.8. The largest absolute Gasteiger partial charge is 0.479 e. The number of ether oxygens (including phenoxy) is 1. The summed E-state index contributed by atoms with van der Waals surface area (Å²) in [5, 5.41) is 0.841. The fourth-order valence-electron chi connectivity index (χ4n) is 1.07. The van der Waals surface area contributed by atoms with Gasteiger partial charge < -0.3 is 4.74 Å². The second kappa shape index (κ2) is 4.51. The molecule has 0 heterocycles. The zero-order valence-corrected chi connectivity index (χ0v) is 10.1. The summed E-state index contributed by atoms with van der Waals surface area (Å²) in [5.41, 5.74) is 0. The van der Waals surface area contributed by atoms with Gasteiger partial charge in [-0.05, 0) is 47.9 Å². The molecule has 2 unspecified atom stereocenters. The van der Waals surface area contributed by atoms with Crippen LogP contribution < -0.4 is 0 Å². The lowest BCUT2D eigenvalue weighted by Crippen LogP contribution is -2.04. The number of rotatable bonds is 2. The van der Waals surface area contributed by atoms with Crippen molar-refractivity contribution in [1.82, 2.24) is 0 Å². The number of hydrogen-bond donors (Lipinski definition) is 0. The SMILES string of the molecule is CC1C=CC(OC(C)I)=C(Cl)C1. The molecule has 0 bridgehead atoms. The molecule has 0 radical (unpaired) electrons. The Hall–Kier alpha value is 0.300. The first kappa shape index (κ1) is 10.4. The van der Waals surface area contributed by atoms with Crippen molar-refractivity contribution in [3.8, 4) is 0 Å². The van der Waals surface area contributed by atoms with Crippen LogP contribution in [0.5, 0.6) is 0 Å². The number of allylic oxidation sites excluding steroid dienone is 3. The molecule has 0 aromatic rings. The summed E-state index contributed by atoms with van der Waals surface area (Å²) in [6, 6.07) is 0. The van der Waals surface area contributed by atoms with Gasteiger partial charge in [0.2, 0.25) is 0 Å². The summed E-state index contributed by atoms with van der Waals surface area (Å²) in [7, 11) is 0. The fourth-order valence-corrected chi connectivity index (χ4v) is 1.70. The van der Waals surface area contributed by atoms with Crippen LogP contribution in [-0.2, 0) is 4.74 Å². The first-order chi connectivity index (χ1) is 5.59. The topological polar surface area (TPSA) is 9.23 Å². The Balaban J connectivity index is 2.64. The van der Waals surface area contributed by atoms with Crippen molar-refractivity contribution in [3.63, 3.8) is 0 Å². The Bertz CT molecular complexity index is 221. The average Bonchev–Trinajstić information content (AvgIpc) is 1.94. The summed E-state index contributed by atoms with van der Waals surface area (Å²) >= 11 is 8.23. The summed E-state index contributed by atoms with van der Waals surface area (Å²) in [4.78, 5) is 0. The second-order valence-electron chi connectivity index (χ2n) is 2.97. The molecule has 0 saturated carbocycles. The molecule has 0 spiro atoms. The van der Waals surface area contributed by atoms with Crippen LogP contribution in [0.1, 0.15) is 20.3 Å². The van der Waals surface area contributed by atoms with Crippen LogP contribution in [0.2, 0.25) is 0 Å². The summed E-state index contributed by atoms with van der Waals surface area (Å²) in [5.74, 6) is 1.37. The molecule has 3 heteroatoms. The molecule has 1 rings (SSSR count). The van der Waals surface area contributed by atoms with E-state index in [0.717, 1.165) is 17.2 Å². The smallest absolute Gasteiger partial charge is 0.146 e. The predicted octanol–water partition coefficient (Wildman–Crippen LogP) is 3.83. The molecule has 0 saturated heterocycles. The molecule has 0 amide bonds. The Morgan fingerprint density at radius 1 is 1.75 bits per heavy atom. The highest BCUT2D eigenvalue weighted by Gasteiger charge is 2.13. The first-order valence-electron chi connectivity index (χ1n) is 3.97. The van der Waals surface area contributed by atoms with Crippen LogP contribution in [-0.4, -0.2) is 4.11 Å². The minimum absolute atomic E-state index is 0.171. The van der Waals surface area contributed by atoms with Gasteiger partial charge in [0.25, 0.3) is 0 Å². The molecule has 68 valence electrons. The van der Waals surface area contributed by atoms with Crippen molar-refractivity contribution in [3.05, 3.63) is 22.9 Å². The van der Waals surface area contributed by atoms with E-state index in [9.17, 15) is 0 Å². The van der Waals surface area contributed by atoms with Gasteiger partial charge in [-0.2, -0.15) is 0 Å². The van der Waals surface area contributed by atoms with E-state index >= 15 is 0 Å². The maximum Gasteiger partial charge on any atom is 0.146 e. The molecule has 2 atom stereocenters. The van der Waals surface area contributed by atoms with Gasteiger partial charge in [0, 0.05) is 0 Å². The van der Waals surface area contributed by atoms with E-state index < -0.39 is 0 Å². The quantitative estimate of drug-likeness (QED) is 0.556. The average molecular weight is 299 g/mol. The lowest BCUT2D eigenvalue weighted by Gasteiger charge is -2.17. The predicted molar refractivity (Wildman–Crippen MR) is 60.4 cm³/mol. The highest BCUT2D eigenvalue weighted by molar-refractivity contribution is 14.1. The molecule has 0 aromatic heterocycles. The minimum Gasteiger partial charge on any atom is -0.479 e. The lowest BCUT2D eigenvalue weighted by molar-refractivity contribution is 0.222. The zero-order chi connectivity index (χ0) is 9.14. The van der Waals surface area contributed by atoms with Gasteiger partial charge in [0.1, 0.15) is 9.87 Å². The van der Waals surface area contributed by atoms with Crippen LogP contribution in [0.15, 0.2) is 22.9 Å². The highest BCUT2D eigenvalue weighted by Crippen LogP contribution is 2.28.